The quantitative estimate of drug-likeness (QED) is 0.600. The predicted molar refractivity (Wildman–Crippen MR) is 69.4 cm³/mol. The lowest BCUT2D eigenvalue weighted by atomic mass is 10.2. The molecule has 1 aliphatic heterocycles. The maximum Gasteiger partial charge on any atom is 0.139 e. The van der Waals surface area contributed by atoms with Crippen LogP contribution in [0.2, 0.25) is 0 Å². The number of thioether (sulfide) groups is 1. The Morgan fingerprint density at radius 1 is 1.69 bits per heavy atom. The number of amidine groups is 1. The molecule has 1 aliphatic rings. The van der Waals surface area contributed by atoms with Gasteiger partial charge in [0.1, 0.15) is 11.7 Å². The fourth-order valence-corrected chi connectivity index (χ4v) is 2.88. The van der Waals surface area contributed by atoms with Crippen LogP contribution in [-0.4, -0.2) is 34.9 Å². The Bertz CT molecular complexity index is 393. The van der Waals surface area contributed by atoms with Gasteiger partial charge in [-0.1, -0.05) is 6.92 Å². The third-order valence-corrected chi connectivity index (χ3v) is 3.75. The van der Waals surface area contributed by atoms with E-state index < -0.39 is 0 Å². The van der Waals surface area contributed by atoms with Gasteiger partial charge < -0.3 is 10.6 Å². The molecule has 86 valence electrons. The van der Waals surface area contributed by atoms with Crippen LogP contribution in [0.4, 0.5) is 5.82 Å². The molecular formula is C11H16N4S. The Labute approximate surface area is 99.7 Å². The molecule has 0 saturated carbocycles. The van der Waals surface area contributed by atoms with Crippen molar-refractivity contribution in [2.75, 3.05) is 23.7 Å². The first kappa shape index (κ1) is 11.3. The van der Waals surface area contributed by atoms with Crippen LogP contribution in [0.25, 0.3) is 0 Å². The van der Waals surface area contributed by atoms with Crippen LogP contribution in [0.15, 0.2) is 18.3 Å². The molecule has 5 heteroatoms. The van der Waals surface area contributed by atoms with Crippen LogP contribution in [0.1, 0.15) is 12.5 Å². The molecule has 1 unspecified atom stereocenters. The van der Waals surface area contributed by atoms with Crippen LogP contribution in [0, 0.1) is 5.41 Å². The third-order valence-electron chi connectivity index (χ3n) is 2.62. The molecule has 4 nitrogen and oxygen atoms in total. The highest BCUT2D eigenvalue weighted by Gasteiger charge is 2.20. The van der Waals surface area contributed by atoms with E-state index in [0.717, 1.165) is 30.2 Å². The molecule has 0 aromatic carbocycles. The highest BCUT2D eigenvalue weighted by atomic mass is 32.2. The SMILES string of the molecule is CC1CN(c2ncccc2C(=N)N)CCS1. The first-order valence-corrected chi connectivity index (χ1v) is 6.39. The number of nitrogens with one attached hydrogen (secondary N) is 1. The predicted octanol–water partition coefficient (Wildman–Crippen LogP) is 1.31. The van der Waals surface area contributed by atoms with E-state index in [9.17, 15) is 0 Å². The lowest BCUT2D eigenvalue weighted by Crippen LogP contribution is -2.38. The average Bonchev–Trinajstić information content (AvgIpc) is 2.29. The maximum atomic E-state index is 7.55. The number of aromatic nitrogens is 1. The number of hydrogen-bond acceptors (Lipinski definition) is 4. The lowest BCUT2D eigenvalue weighted by molar-refractivity contribution is 0.769. The molecule has 1 aromatic rings. The number of nitrogens with zero attached hydrogens (tertiary/aromatic N) is 2. The van der Waals surface area contributed by atoms with Crippen molar-refractivity contribution in [2.45, 2.75) is 12.2 Å². The van der Waals surface area contributed by atoms with Gasteiger partial charge in [0, 0.05) is 30.3 Å². The molecule has 1 saturated heterocycles. The van der Waals surface area contributed by atoms with E-state index in [4.69, 9.17) is 11.1 Å². The molecule has 0 radical (unpaired) electrons. The largest absolute Gasteiger partial charge is 0.384 e. The average molecular weight is 236 g/mol. The zero-order chi connectivity index (χ0) is 11.5. The van der Waals surface area contributed by atoms with Crippen molar-refractivity contribution in [3.05, 3.63) is 23.9 Å². The number of nitrogens with two attached hydrogens (primary N) is 1. The van der Waals surface area contributed by atoms with Gasteiger partial charge in [0.2, 0.25) is 0 Å². The van der Waals surface area contributed by atoms with Crippen molar-refractivity contribution < 1.29 is 0 Å². The molecule has 1 fully saturated rings. The molecular weight excluding hydrogens is 220 g/mol. The number of anilines is 1. The summed E-state index contributed by atoms with van der Waals surface area (Å²) in [6, 6.07) is 3.68. The fraction of sp³-hybridized carbons (Fsp3) is 0.455. The van der Waals surface area contributed by atoms with E-state index in [-0.39, 0.29) is 5.84 Å². The van der Waals surface area contributed by atoms with Gasteiger partial charge >= 0.3 is 0 Å². The topological polar surface area (TPSA) is 66.0 Å². The summed E-state index contributed by atoms with van der Waals surface area (Å²) < 4.78 is 0. The fourth-order valence-electron chi connectivity index (χ4n) is 1.87. The summed E-state index contributed by atoms with van der Waals surface area (Å²) in [6.07, 6.45) is 1.76. The van der Waals surface area contributed by atoms with Gasteiger partial charge in [0.15, 0.2) is 0 Å². The van der Waals surface area contributed by atoms with Crippen LogP contribution < -0.4 is 10.6 Å². The van der Waals surface area contributed by atoms with Crippen LogP contribution in [0.5, 0.6) is 0 Å². The van der Waals surface area contributed by atoms with Crippen molar-refractivity contribution in [2.24, 2.45) is 5.73 Å². The molecule has 0 bridgehead atoms. The van der Waals surface area contributed by atoms with Gasteiger partial charge in [-0.05, 0) is 12.1 Å². The van der Waals surface area contributed by atoms with Gasteiger partial charge in [0.05, 0.1) is 5.56 Å². The maximum absolute atomic E-state index is 7.55. The Kier molecular flexibility index (Phi) is 3.33. The minimum atomic E-state index is 0.0916. The van der Waals surface area contributed by atoms with Crippen molar-refractivity contribution in [1.29, 1.82) is 5.41 Å². The Morgan fingerprint density at radius 2 is 2.50 bits per heavy atom. The molecule has 16 heavy (non-hydrogen) atoms. The Morgan fingerprint density at radius 3 is 3.19 bits per heavy atom. The van der Waals surface area contributed by atoms with Gasteiger partial charge in [-0.25, -0.2) is 4.98 Å². The first-order valence-electron chi connectivity index (χ1n) is 5.34. The molecule has 2 heterocycles. The van der Waals surface area contributed by atoms with Crippen molar-refractivity contribution in [3.8, 4) is 0 Å². The lowest BCUT2D eigenvalue weighted by Gasteiger charge is -2.32. The smallest absolute Gasteiger partial charge is 0.139 e. The zero-order valence-electron chi connectivity index (χ0n) is 9.31. The van der Waals surface area contributed by atoms with E-state index in [0.29, 0.717) is 5.25 Å². The summed E-state index contributed by atoms with van der Waals surface area (Å²) in [7, 11) is 0. The second-order valence-corrected chi connectivity index (χ2v) is 5.46. The molecule has 0 spiro atoms. The van der Waals surface area contributed by atoms with E-state index in [1.807, 2.05) is 23.9 Å². The zero-order valence-corrected chi connectivity index (χ0v) is 10.1. The van der Waals surface area contributed by atoms with Gasteiger partial charge in [-0.3, -0.25) is 5.41 Å². The number of nitrogen functional groups attached to an aromatic ring is 1. The third kappa shape index (κ3) is 2.29. The summed E-state index contributed by atoms with van der Waals surface area (Å²) in [5.41, 5.74) is 6.30. The number of pyridine rings is 1. The monoisotopic (exact) mass is 236 g/mol. The summed E-state index contributed by atoms with van der Waals surface area (Å²) >= 11 is 1.98. The standard InChI is InChI=1S/C11H16N4S/c1-8-7-15(5-6-16-8)11-9(10(12)13)3-2-4-14-11/h2-4,8H,5-7H2,1H3,(H3,12,13). The van der Waals surface area contributed by atoms with Crippen LogP contribution >= 0.6 is 11.8 Å². The van der Waals surface area contributed by atoms with Gasteiger partial charge in [0.25, 0.3) is 0 Å². The second-order valence-electron chi connectivity index (χ2n) is 3.92. The normalized spacial score (nSPS) is 20.8. The minimum absolute atomic E-state index is 0.0916. The summed E-state index contributed by atoms with van der Waals surface area (Å²) in [6.45, 7) is 4.17. The Balaban J connectivity index is 2.28. The molecule has 3 N–H and O–H groups in total. The van der Waals surface area contributed by atoms with Gasteiger partial charge in [-0.2, -0.15) is 11.8 Å². The molecule has 0 amide bonds. The summed E-state index contributed by atoms with van der Waals surface area (Å²) in [5.74, 6) is 2.05. The van der Waals surface area contributed by atoms with E-state index in [2.05, 4.69) is 16.8 Å². The van der Waals surface area contributed by atoms with Crippen LogP contribution in [-0.2, 0) is 0 Å². The van der Waals surface area contributed by atoms with E-state index >= 15 is 0 Å². The van der Waals surface area contributed by atoms with Crippen molar-refractivity contribution in [1.82, 2.24) is 4.98 Å². The highest BCUT2D eigenvalue weighted by Crippen LogP contribution is 2.24. The Hall–Kier alpha value is -1.23. The first-order chi connectivity index (χ1) is 7.68. The van der Waals surface area contributed by atoms with Crippen molar-refractivity contribution >= 4 is 23.4 Å². The van der Waals surface area contributed by atoms with Crippen LogP contribution in [0.3, 0.4) is 0 Å². The minimum Gasteiger partial charge on any atom is -0.384 e. The molecule has 0 aliphatic carbocycles. The molecule has 2 rings (SSSR count). The molecule has 1 aromatic heterocycles. The summed E-state index contributed by atoms with van der Waals surface area (Å²) in [5, 5.41) is 8.16. The summed E-state index contributed by atoms with van der Waals surface area (Å²) in [4.78, 5) is 6.57. The number of hydrogen-bond donors (Lipinski definition) is 2. The van der Waals surface area contributed by atoms with Gasteiger partial charge in [-0.15, -0.1) is 0 Å². The highest BCUT2D eigenvalue weighted by molar-refractivity contribution is 8.00. The number of rotatable bonds is 2. The second kappa shape index (κ2) is 4.74. The van der Waals surface area contributed by atoms with Crippen molar-refractivity contribution in [3.63, 3.8) is 0 Å². The van der Waals surface area contributed by atoms with E-state index in [1.165, 1.54) is 0 Å². The van der Waals surface area contributed by atoms with E-state index in [1.54, 1.807) is 6.20 Å². The molecule has 1 atom stereocenters.